The standard InChI is InChI=1S/C20H22ClN3O3/c1-27-18-8-3-2-7-17(18)23-9-11-24(12-10-23)20(26)14-19(25)22-16-6-4-5-15(21)13-16/h2-8,13H,9-12,14H2,1H3,(H,22,25). The van der Waals surface area contributed by atoms with Gasteiger partial charge in [-0.3, -0.25) is 9.59 Å². The van der Waals surface area contributed by atoms with Gasteiger partial charge >= 0.3 is 0 Å². The molecule has 0 bridgehead atoms. The molecule has 1 aliphatic heterocycles. The summed E-state index contributed by atoms with van der Waals surface area (Å²) in [5, 5.41) is 3.24. The third-order valence-corrected chi connectivity index (χ3v) is 4.71. The van der Waals surface area contributed by atoms with Gasteiger partial charge in [0.25, 0.3) is 0 Å². The lowest BCUT2D eigenvalue weighted by atomic mass is 10.2. The normalized spacial score (nSPS) is 14.0. The molecule has 2 amide bonds. The molecule has 1 heterocycles. The molecule has 142 valence electrons. The number of rotatable bonds is 5. The number of anilines is 2. The molecular weight excluding hydrogens is 366 g/mol. The van der Waals surface area contributed by atoms with Crippen LogP contribution in [0.4, 0.5) is 11.4 Å². The van der Waals surface area contributed by atoms with E-state index in [1.54, 1.807) is 36.3 Å². The van der Waals surface area contributed by atoms with E-state index < -0.39 is 0 Å². The third-order valence-electron chi connectivity index (χ3n) is 4.48. The van der Waals surface area contributed by atoms with Crippen LogP contribution in [0.15, 0.2) is 48.5 Å². The van der Waals surface area contributed by atoms with Crippen LogP contribution in [-0.2, 0) is 9.59 Å². The van der Waals surface area contributed by atoms with Gasteiger partial charge in [-0.15, -0.1) is 0 Å². The maximum absolute atomic E-state index is 12.4. The van der Waals surface area contributed by atoms with Crippen LogP contribution in [0, 0.1) is 0 Å². The topological polar surface area (TPSA) is 61.9 Å². The number of halogens is 1. The van der Waals surface area contributed by atoms with E-state index in [0.29, 0.717) is 36.9 Å². The first-order valence-corrected chi connectivity index (χ1v) is 9.16. The first-order chi connectivity index (χ1) is 13.1. The highest BCUT2D eigenvalue weighted by molar-refractivity contribution is 6.30. The predicted octanol–water partition coefficient (Wildman–Crippen LogP) is 3.03. The van der Waals surface area contributed by atoms with E-state index in [1.165, 1.54) is 0 Å². The summed E-state index contributed by atoms with van der Waals surface area (Å²) in [5.74, 6) is 0.307. The van der Waals surface area contributed by atoms with Crippen LogP contribution in [0.2, 0.25) is 5.02 Å². The molecule has 0 saturated carbocycles. The van der Waals surface area contributed by atoms with E-state index in [1.807, 2.05) is 24.3 Å². The quantitative estimate of drug-likeness (QED) is 0.801. The Bertz CT molecular complexity index is 820. The molecule has 6 nitrogen and oxygen atoms in total. The number of carbonyl (C=O) groups excluding carboxylic acids is 2. The maximum atomic E-state index is 12.4. The summed E-state index contributed by atoms with van der Waals surface area (Å²) < 4.78 is 5.41. The summed E-state index contributed by atoms with van der Waals surface area (Å²) in [7, 11) is 1.65. The largest absolute Gasteiger partial charge is 0.495 e. The van der Waals surface area contributed by atoms with Crippen LogP contribution in [0.1, 0.15) is 6.42 Å². The smallest absolute Gasteiger partial charge is 0.233 e. The molecule has 2 aromatic carbocycles. The molecular formula is C20H22ClN3O3. The van der Waals surface area contributed by atoms with E-state index >= 15 is 0 Å². The number of para-hydroxylation sites is 2. The number of benzene rings is 2. The minimum Gasteiger partial charge on any atom is -0.495 e. The van der Waals surface area contributed by atoms with Gasteiger partial charge in [0.2, 0.25) is 11.8 Å². The summed E-state index contributed by atoms with van der Waals surface area (Å²) in [6.07, 6.45) is -0.179. The van der Waals surface area contributed by atoms with E-state index in [0.717, 1.165) is 11.4 Å². The summed E-state index contributed by atoms with van der Waals surface area (Å²) in [6.45, 7) is 2.53. The lowest BCUT2D eigenvalue weighted by Gasteiger charge is -2.36. The van der Waals surface area contributed by atoms with Crippen molar-refractivity contribution in [1.82, 2.24) is 4.90 Å². The van der Waals surface area contributed by atoms with Gasteiger partial charge in [-0.2, -0.15) is 0 Å². The predicted molar refractivity (Wildman–Crippen MR) is 106 cm³/mol. The molecule has 0 aromatic heterocycles. The third kappa shape index (κ3) is 4.92. The van der Waals surface area contributed by atoms with Crippen LogP contribution in [0.3, 0.4) is 0 Å². The van der Waals surface area contributed by atoms with Gasteiger partial charge in [-0.05, 0) is 30.3 Å². The van der Waals surface area contributed by atoms with Gasteiger partial charge in [0.15, 0.2) is 0 Å². The zero-order valence-electron chi connectivity index (χ0n) is 15.2. The Morgan fingerprint density at radius 2 is 1.81 bits per heavy atom. The van der Waals surface area contributed by atoms with Crippen molar-refractivity contribution in [3.05, 3.63) is 53.6 Å². The summed E-state index contributed by atoms with van der Waals surface area (Å²) >= 11 is 5.90. The maximum Gasteiger partial charge on any atom is 0.233 e. The van der Waals surface area contributed by atoms with Crippen molar-refractivity contribution in [2.45, 2.75) is 6.42 Å². The van der Waals surface area contributed by atoms with E-state index in [9.17, 15) is 9.59 Å². The molecule has 0 atom stereocenters. The van der Waals surface area contributed by atoms with Crippen molar-refractivity contribution >= 4 is 34.8 Å². The van der Waals surface area contributed by atoms with Gasteiger partial charge in [0.05, 0.1) is 12.8 Å². The molecule has 1 fully saturated rings. The van der Waals surface area contributed by atoms with Crippen LogP contribution in [0.5, 0.6) is 5.75 Å². The van der Waals surface area contributed by atoms with Gasteiger partial charge in [0, 0.05) is 36.9 Å². The average Bonchev–Trinajstić information content (AvgIpc) is 2.68. The Morgan fingerprint density at radius 3 is 2.52 bits per heavy atom. The van der Waals surface area contributed by atoms with Crippen molar-refractivity contribution in [2.24, 2.45) is 0 Å². The minimum atomic E-state index is -0.338. The number of methoxy groups -OCH3 is 1. The number of nitrogens with zero attached hydrogens (tertiary/aromatic N) is 2. The summed E-state index contributed by atoms with van der Waals surface area (Å²) in [4.78, 5) is 28.5. The Balaban J connectivity index is 1.51. The van der Waals surface area contributed by atoms with Crippen molar-refractivity contribution in [3.63, 3.8) is 0 Å². The fourth-order valence-electron chi connectivity index (χ4n) is 3.11. The second-order valence-corrected chi connectivity index (χ2v) is 6.71. The Kier molecular flexibility index (Phi) is 6.19. The summed E-state index contributed by atoms with van der Waals surface area (Å²) in [6, 6.07) is 14.7. The van der Waals surface area contributed by atoms with E-state index in [-0.39, 0.29) is 18.2 Å². The zero-order valence-corrected chi connectivity index (χ0v) is 15.9. The Morgan fingerprint density at radius 1 is 1.07 bits per heavy atom. The fourth-order valence-corrected chi connectivity index (χ4v) is 3.30. The van der Waals surface area contributed by atoms with Crippen molar-refractivity contribution in [1.29, 1.82) is 0 Å². The first kappa shape index (κ1) is 19.0. The Hall–Kier alpha value is -2.73. The molecule has 3 rings (SSSR count). The number of nitrogens with one attached hydrogen (secondary N) is 1. The van der Waals surface area contributed by atoms with Gasteiger partial charge < -0.3 is 19.9 Å². The van der Waals surface area contributed by atoms with Gasteiger partial charge in [0.1, 0.15) is 12.2 Å². The number of hydrogen-bond acceptors (Lipinski definition) is 4. The van der Waals surface area contributed by atoms with Crippen molar-refractivity contribution < 1.29 is 14.3 Å². The molecule has 0 unspecified atom stereocenters. The highest BCUT2D eigenvalue weighted by Crippen LogP contribution is 2.28. The van der Waals surface area contributed by atoms with Crippen LogP contribution >= 0.6 is 11.6 Å². The SMILES string of the molecule is COc1ccccc1N1CCN(C(=O)CC(=O)Nc2cccc(Cl)c2)CC1. The van der Waals surface area contributed by atoms with E-state index in [2.05, 4.69) is 10.2 Å². The number of hydrogen-bond donors (Lipinski definition) is 1. The lowest BCUT2D eigenvalue weighted by Crippen LogP contribution is -2.49. The zero-order chi connectivity index (χ0) is 19.2. The van der Waals surface area contributed by atoms with Gasteiger partial charge in [-0.1, -0.05) is 29.8 Å². The first-order valence-electron chi connectivity index (χ1n) is 8.78. The molecule has 2 aromatic rings. The number of piperazine rings is 1. The number of ether oxygens (including phenoxy) is 1. The van der Waals surface area contributed by atoms with Crippen molar-refractivity contribution in [3.8, 4) is 5.75 Å². The Labute approximate surface area is 163 Å². The van der Waals surface area contributed by atoms with Crippen LogP contribution < -0.4 is 15.0 Å². The number of carbonyl (C=O) groups is 2. The molecule has 1 N–H and O–H groups in total. The highest BCUT2D eigenvalue weighted by Gasteiger charge is 2.24. The molecule has 0 spiro atoms. The van der Waals surface area contributed by atoms with Crippen LogP contribution in [-0.4, -0.2) is 50.0 Å². The second kappa shape index (κ2) is 8.77. The van der Waals surface area contributed by atoms with Crippen molar-refractivity contribution in [2.75, 3.05) is 43.5 Å². The van der Waals surface area contributed by atoms with E-state index in [4.69, 9.17) is 16.3 Å². The molecule has 7 heteroatoms. The highest BCUT2D eigenvalue weighted by atomic mass is 35.5. The minimum absolute atomic E-state index is 0.172. The number of amides is 2. The molecule has 0 radical (unpaired) electrons. The second-order valence-electron chi connectivity index (χ2n) is 6.27. The lowest BCUT2D eigenvalue weighted by molar-refractivity contribution is -0.134. The fraction of sp³-hybridized carbons (Fsp3) is 0.300. The monoisotopic (exact) mass is 387 g/mol. The molecule has 1 aliphatic rings. The molecule has 0 aliphatic carbocycles. The van der Waals surface area contributed by atoms with Crippen LogP contribution in [0.25, 0.3) is 0 Å². The molecule has 1 saturated heterocycles. The molecule has 27 heavy (non-hydrogen) atoms. The summed E-state index contributed by atoms with van der Waals surface area (Å²) in [5.41, 5.74) is 1.60. The van der Waals surface area contributed by atoms with Gasteiger partial charge in [-0.25, -0.2) is 0 Å². The average molecular weight is 388 g/mol.